The molecule has 2 aromatic rings. The minimum Gasteiger partial charge on any atom is -0.496 e. The molecule has 35 heavy (non-hydrogen) atoms. The van der Waals surface area contributed by atoms with Crippen LogP contribution >= 0.6 is 0 Å². The highest BCUT2D eigenvalue weighted by Crippen LogP contribution is 2.41. The van der Waals surface area contributed by atoms with E-state index in [1.54, 1.807) is 33.3 Å². The number of carbonyl (C=O) groups is 2. The lowest BCUT2D eigenvalue weighted by Gasteiger charge is -2.30. The summed E-state index contributed by atoms with van der Waals surface area (Å²) in [5.41, 5.74) is 3.67. The summed E-state index contributed by atoms with van der Waals surface area (Å²) in [4.78, 5) is 29.7. The van der Waals surface area contributed by atoms with Crippen molar-refractivity contribution in [2.75, 3.05) is 53.0 Å². The average molecular weight is 481 g/mol. The summed E-state index contributed by atoms with van der Waals surface area (Å²) < 4.78 is 22.0. The van der Waals surface area contributed by atoms with E-state index in [0.29, 0.717) is 54.7 Å². The predicted molar refractivity (Wildman–Crippen MR) is 133 cm³/mol. The number of hydrogen-bond acceptors (Lipinski definition) is 6. The number of methoxy groups -OCH3 is 4. The highest BCUT2D eigenvalue weighted by molar-refractivity contribution is 6.01. The van der Waals surface area contributed by atoms with Crippen LogP contribution in [0.1, 0.15) is 24.0 Å². The molecule has 2 heterocycles. The molecule has 4 rings (SSSR count). The van der Waals surface area contributed by atoms with Crippen molar-refractivity contribution in [1.82, 2.24) is 4.90 Å². The first-order valence-corrected chi connectivity index (χ1v) is 11.6. The summed E-state index contributed by atoms with van der Waals surface area (Å²) in [6.45, 7) is 3.34. The summed E-state index contributed by atoms with van der Waals surface area (Å²) in [6, 6.07) is 9.37. The van der Waals surface area contributed by atoms with Gasteiger partial charge >= 0.3 is 0 Å². The van der Waals surface area contributed by atoms with Crippen LogP contribution in [0.15, 0.2) is 36.4 Å². The zero-order valence-electron chi connectivity index (χ0n) is 20.9. The van der Waals surface area contributed by atoms with E-state index in [-0.39, 0.29) is 24.2 Å². The first-order valence-electron chi connectivity index (χ1n) is 11.6. The molecular formula is C27H32N2O6. The van der Waals surface area contributed by atoms with Crippen LogP contribution in [-0.2, 0) is 9.59 Å². The van der Waals surface area contributed by atoms with Gasteiger partial charge in [0.1, 0.15) is 23.0 Å². The van der Waals surface area contributed by atoms with Crippen molar-refractivity contribution in [3.8, 4) is 23.0 Å². The number of ether oxygens (including phenoxy) is 4. The standard InChI is InChI=1S/C27H32N2O6/c1-17-6-7-22(33-3)21(12-17)29-16-19(13-25(29)30)27(31)28-10-8-18(9-11-28)26-23(34-4)14-20(32-2)15-24(26)35-5/h6-8,12,14-15,19H,9-11,13,16H2,1-5H3. The number of aryl methyl sites for hydroxylation is 1. The molecule has 1 fully saturated rings. The van der Waals surface area contributed by atoms with E-state index in [1.165, 1.54) is 0 Å². The van der Waals surface area contributed by atoms with Gasteiger partial charge in [-0.25, -0.2) is 0 Å². The van der Waals surface area contributed by atoms with Gasteiger partial charge in [0.15, 0.2) is 0 Å². The van der Waals surface area contributed by atoms with E-state index < -0.39 is 0 Å². The first-order chi connectivity index (χ1) is 16.9. The molecule has 1 unspecified atom stereocenters. The molecule has 0 aliphatic carbocycles. The average Bonchev–Trinajstić information content (AvgIpc) is 3.28. The van der Waals surface area contributed by atoms with Gasteiger partial charge in [-0.1, -0.05) is 12.1 Å². The van der Waals surface area contributed by atoms with Crippen LogP contribution in [0.4, 0.5) is 5.69 Å². The fourth-order valence-electron chi connectivity index (χ4n) is 4.79. The van der Waals surface area contributed by atoms with E-state index in [2.05, 4.69) is 0 Å². The molecule has 0 aromatic heterocycles. The van der Waals surface area contributed by atoms with Crippen LogP contribution in [0.3, 0.4) is 0 Å². The monoisotopic (exact) mass is 480 g/mol. The van der Waals surface area contributed by atoms with E-state index in [0.717, 1.165) is 16.7 Å². The van der Waals surface area contributed by atoms with Crippen LogP contribution in [0, 0.1) is 12.8 Å². The Hall–Kier alpha value is -3.68. The van der Waals surface area contributed by atoms with E-state index in [4.69, 9.17) is 18.9 Å². The zero-order valence-corrected chi connectivity index (χ0v) is 20.9. The second kappa shape index (κ2) is 10.3. The third-order valence-electron chi connectivity index (χ3n) is 6.66. The highest BCUT2D eigenvalue weighted by atomic mass is 16.5. The second-order valence-corrected chi connectivity index (χ2v) is 8.75. The Morgan fingerprint density at radius 2 is 1.63 bits per heavy atom. The van der Waals surface area contributed by atoms with Gasteiger partial charge in [0.2, 0.25) is 11.8 Å². The molecule has 8 nitrogen and oxygen atoms in total. The van der Waals surface area contributed by atoms with Crippen LogP contribution in [-0.4, -0.2) is 64.8 Å². The summed E-state index contributed by atoms with van der Waals surface area (Å²) in [7, 11) is 6.41. The van der Waals surface area contributed by atoms with Crippen LogP contribution in [0.2, 0.25) is 0 Å². The molecule has 8 heteroatoms. The number of carbonyl (C=O) groups excluding carboxylic acids is 2. The Balaban J connectivity index is 1.50. The van der Waals surface area contributed by atoms with Crippen molar-refractivity contribution in [2.45, 2.75) is 19.8 Å². The van der Waals surface area contributed by atoms with E-state index in [1.807, 2.05) is 48.2 Å². The van der Waals surface area contributed by atoms with Gasteiger partial charge in [-0.3, -0.25) is 9.59 Å². The van der Waals surface area contributed by atoms with Gasteiger partial charge in [0, 0.05) is 38.2 Å². The summed E-state index contributed by atoms with van der Waals surface area (Å²) in [5, 5.41) is 0. The summed E-state index contributed by atoms with van der Waals surface area (Å²) in [6.07, 6.45) is 2.89. The molecule has 2 aromatic carbocycles. The van der Waals surface area contributed by atoms with Crippen molar-refractivity contribution < 1.29 is 28.5 Å². The van der Waals surface area contributed by atoms with Crippen molar-refractivity contribution >= 4 is 23.1 Å². The molecule has 0 bridgehead atoms. The van der Waals surface area contributed by atoms with Crippen LogP contribution in [0.5, 0.6) is 23.0 Å². The number of amides is 2. The van der Waals surface area contributed by atoms with E-state index >= 15 is 0 Å². The van der Waals surface area contributed by atoms with Crippen molar-refractivity contribution in [3.63, 3.8) is 0 Å². The maximum Gasteiger partial charge on any atom is 0.228 e. The smallest absolute Gasteiger partial charge is 0.228 e. The Morgan fingerprint density at radius 3 is 2.20 bits per heavy atom. The number of anilines is 1. The van der Waals surface area contributed by atoms with Crippen LogP contribution in [0.25, 0.3) is 5.57 Å². The Bertz CT molecular complexity index is 1130. The molecule has 2 aliphatic heterocycles. The third-order valence-corrected chi connectivity index (χ3v) is 6.66. The Kier molecular flexibility index (Phi) is 7.19. The highest BCUT2D eigenvalue weighted by Gasteiger charge is 2.38. The number of nitrogens with zero attached hydrogens (tertiary/aromatic N) is 2. The van der Waals surface area contributed by atoms with Crippen LogP contribution < -0.4 is 23.8 Å². The van der Waals surface area contributed by atoms with E-state index in [9.17, 15) is 9.59 Å². The minimum absolute atomic E-state index is 0.00330. The SMILES string of the molecule is COc1cc(OC)c(C2=CCN(C(=O)C3CC(=O)N(c4cc(C)ccc4OC)C3)CC2)c(OC)c1. The normalized spacial score (nSPS) is 17.8. The fraction of sp³-hybridized carbons (Fsp3) is 0.407. The van der Waals surface area contributed by atoms with Gasteiger partial charge in [-0.2, -0.15) is 0 Å². The third kappa shape index (κ3) is 4.78. The lowest BCUT2D eigenvalue weighted by Crippen LogP contribution is -2.40. The maximum atomic E-state index is 13.3. The molecule has 0 spiro atoms. The molecule has 2 amide bonds. The van der Waals surface area contributed by atoms with Gasteiger partial charge in [0.05, 0.1) is 45.6 Å². The van der Waals surface area contributed by atoms with Crippen molar-refractivity contribution in [3.05, 3.63) is 47.5 Å². The number of rotatable bonds is 7. The van der Waals surface area contributed by atoms with Gasteiger partial charge in [0.25, 0.3) is 0 Å². The summed E-state index contributed by atoms with van der Waals surface area (Å²) >= 11 is 0. The van der Waals surface area contributed by atoms with Crippen molar-refractivity contribution in [1.29, 1.82) is 0 Å². The predicted octanol–water partition coefficient (Wildman–Crippen LogP) is 3.70. The molecule has 186 valence electrons. The molecule has 0 N–H and O–H groups in total. The second-order valence-electron chi connectivity index (χ2n) is 8.75. The molecule has 1 atom stereocenters. The quantitative estimate of drug-likeness (QED) is 0.602. The lowest BCUT2D eigenvalue weighted by molar-refractivity contribution is -0.135. The lowest BCUT2D eigenvalue weighted by atomic mass is 9.96. The fourth-order valence-corrected chi connectivity index (χ4v) is 4.79. The first kappa shape index (κ1) is 24.4. The number of hydrogen-bond donors (Lipinski definition) is 0. The van der Waals surface area contributed by atoms with Gasteiger partial charge < -0.3 is 28.7 Å². The topological polar surface area (TPSA) is 77.5 Å². The number of benzene rings is 2. The maximum absolute atomic E-state index is 13.3. The molecule has 0 radical (unpaired) electrons. The van der Waals surface area contributed by atoms with Gasteiger partial charge in [-0.15, -0.1) is 0 Å². The van der Waals surface area contributed by atoms with Gasteiger partial charge in [-0.05, 0) is 36.6 Å². The molecule has 1 saturated heterocycles. The Labute approximate surface area is 206 Å². The molecule has 2 aliphatic rings. The molecule has 0 saturated carbocycles. The van der Waals surface area contributed by atoms with Crippen molar-refractivity contribution in [2.24, 2.45) is 5.92 Å². The largest absolute Gasteiger partial charge is 0.496 e. The zero-order chi connectivity index (χ0) is 25.1. The Morgan fingerprint density at radius 1 is 0.943 bits per heavy atom. The molecular weight excluding hydrogens is 448 g/mol. The summed E-state index contributed by atoms with van der Waals surface area (Å²) in [5.74, 6) is 2.16. The minimum atomic E-state index is -0.382.